The SMILES string of the molecule is O=C(/C=C/c1cnc2[nH]cc(-c3ccccc3)c2c1)NCc1ccco1. The monoisotopic (exact) mass is 343 g/mol. The molecule has 0 atom stereocenters. The van der Waals surface area contributed by atoms with Gasteiger partial charge in [0.2, 0.25) is 5.91 Å². The highest BCUT2D eigenvalue weighted by molar-refractivity contribution is 5.96. The van der Waals surface area contributed by atoms with E-state index in [9.17, 15) is 4.79 Å². The van der Waals surface area contributed by atoms with Crippen LogP contribution in [0.25, 0.3) is 28.2 Å². The van der Waals surface area contributed by atoms with Gasteiger partial charge in [0.05, 0.1) is 12.8 Å². The number of fused-ring (bicyclic) bond motifs is 1. The summed E-state index contributed by atoms with van der Waals surface area (Å²) in [6.45, 7) is 0.365. The first-order valence-electron chi connectivity index (χ1n) is 8.30. The molecule has 0 radical (unpaired) electrons. The maximum atomic E-state index is 11.9. The van der Waals surface area contributed by atoms with E-state index in [1.54, 1.807) is 24.6 Å². The number of nitrogens with one attached hydrogen (secondary N) is 2. The van der Waals surface area contributed by atoms with Crippen molar-refractivity contribution in [1.82, 2.24) is 15.3 Å². The largest absolute Gasteiger partial charge is 0.467 e. The van der Waals surface area contributed by atoms with E-state index in [1.807, 2.05) is 36.5 Å². The maximum absolute atomic E-state index is 11.9. The molecule has 4 aromatic rings. The minimum absolute atomic E-state index is 0.182. The van der Waals surface area contributed by atoms with Crippen molar-refractivity contribution in [3.05, 3.63) is 84.6 Å². The van der Waals surface area contributed by atoms with Crippen molar-refractivity contribution in [3.63, 3.8) is 0 Å². The lowest BCUT2D eigenvalue weighted by Crippen LogP contribution is -2.19. The lowest BCUT2D eigenvalue weighted by Gasteiger charge is -2.01. The lowest BCUT2D eigenvalue weighted by atomic mass is 10.1. The summed E-state index contributed by atoms with van der Waals surface area (Å²) in [7, 11) is 0. The van der Waals surface area contributed by atoms with Gasteiger partial charge in [-0.15, -0.1) is 0 Å². The van der Waals surface area contributed by atoms with Crippen LogP contribution in [-0.2, 0) is 11.3 Å². The van der Waals surface area contributed by atoms with Crippen molar-refractivity contribution >= 4 is 23.0 Å². The molecular weight excluding hydrogens is 326 g/mol. The van der Waals surface area contributed by atoms with Gasteiger partial charge in [0.15, 0.2) is 0 Å². The van der Waals surface area contributed by atoms with Crippen LogP contribution < -0.4 is 5.32 Å². The summed E-state index contributed by atoms with van der Waals surface area (Å²) < 4.78 is 5.19. The number of aromatic nitrogens is 2. The molecule has 3 aromatic heterocycles. The zero-order valence-corrected chi connectivity index (χ0v) is 14.0. The molecule has 0 spiro atoms. The summed E-state index contributed by atoms with van der Waals surface area (Å²) in [5, 5.41) is 3.80. The summed E-state index contributed by atoms with van der Waals surface area (Å²) in [6, 6.07) is 15.8. The second-order valence-electron chi connectivity index (χ2n) is 5.86. The van der Waals surface area contributed by atoms with E-state index >= 15 is 0 Å². The highest BCUT2D eigenvalue weighted by Crippen LogP contribution is 2.28. The molecule has 0 saturated carbocycles. The number of H-pyrrole nitrogens is 1. The molecule has 0 saturated heterocycles. The summed E-state index contributed by atoms with van der Waals surface area (Å²) >= 11 is 0. The van der Waals surface area contributed by atoms with Gasteiger partial charge in [0.1, 0.15) is 11.4 Å². The van der Waals surface area contributed by atoms with Crippen molar-refractivity contribution in [2.24, 2.45) is 0 Å². The minimum atomic E-state index is -0.182. The van der Waals surface area contributed by atoms with Crippen molar-refractivity contribution in [2.45, 2.75) is 6.54 Å². The van der Waals surface area contributed by atoms with E-state index < -0.39 is 0 Å². The van der Waals surface area contributed by atoms with E-state index in [2.05, 4.69) is 27.4 Å². The number of benzene rings is 1. The third kappa shape index (κ3) is 3.42. The Morgan fingerprint density at radius 2 is 2.08 bits per heavy atom. The standard InChI is InChI=1S/C21H17N3O2/c25-20(22-13-17-7-4-10-26-17)9-8-15-11-18-19(14-24-21(18)23-12-15)16-5-2-1-3-6-16/h1-12,14H,13H2,(H,22,25)(H,23,24)/b9-8+. The number of amides is 1. The molecule has 2 N–H and O–H groups in total. The third-order valence-electron chi connectivity index (χ3n) is 4.08. The van der Waals surface area contributed by atoms with E-state index in [0.29, 0.717) is 6.54 Å². The van der Waals surface area contributed by atoms with Crippen LogP contribution in [0, 0.1) is 0 Å². The predicted octanol–water partition coefficient (Wildman–Crippen LogP) is 4.15. The first-order valence-corrected chi connectivity index (χ1v) is 8.30. The molecule has 5 heteroatoms. The number of carbonyl (C=O) groups excluding carboxylic acids is 1. The normalized spacial score (nSPS) is 11.2. The Kier molecular flexibility index (Phi) is 4.35. The third-order valence-corrected chi connectivity index (χ3v) is 4.08. The number of aromatic amines is 1. The Morgan fingerprint density at radius 3 is 2.88 bits per heavy atom. The number of rotatable bonds is 5. The molecule has 0 aliphatic heterocycles. The van der Waals surface area contributed by atoms with E-state index in [4.69, 9.17) is 4.42 Å². The number of furan rings is 1. The zero-order chi connectivity index (χ0) is 17.8. The van der Waals surface area contributed by atoms with Gasteiger partial charge in [0.25, 0.3) is 0 Å². The van der Waals surface area contributed by atoms with E-state index in [1.165, 1.54) is 6.08 Å². The molecular formula is C21H17N3O2. The van der Waals surface area contributed by atoms with Gasteiger partial charge >= 0.3 is 0 Å². The Bertz CT molecular complexity index is 1050. The highest BCUT2D eigenvalue weighted by Gasteiger charge is 2.07. The molecule has 128 valence electrons. The molecule has 4 rings (SSSR count). The average molecular weight is 343 g/mol. The average Bonchev–Trinajstić information content (AvgIpc) is 3.34. The van der Waals surface area contributed by atoms with Crippen LogP contribution in [0.5, 0.6) is 0 Å². The Balaban J connectivity index is 1.52. The molecule has 0 unspecified atom stereocenters. The highest BCUT2D eigenvalue weighted by atomic mass is 16.3. The fourth-order valence-corrected chi connectivity index (χ4v) is 2.79. The summed E-state index contributed by atoms with van der Waals surface area (Å²) in [5.41, 5.74) is 3.90. The Hall–Kier alpha value is -3.60. The van der Waals surface area contributed by atoms with Crippen LogP contribution in [0.15, 0.2) is 77.7 Å². The van der Waals surface area contributed by atoms with Crippen molar-refractivity contribution < 1.29 is 9.21 Å². The molecule has 0 aliphatic rings. The fourth-order valence-electron chi connectivity index (χ4n) is 2.79. The van der Waals surface area contributed by atoms with Crippen molar-refractivity contribution in [2.75, 3.05) is 0 Å². The minimum Gasteiger partial charge on any atom is -0.467 e. The molecule has 0 bridgehead atoms. The molecule has 1 aromatic carbocycles. The number of hydrogen-bond donors (Lipinski definition) is 2. The molecule has 3 heterocycles. The summed E-state index contributed by atoms with van der Waals surface area (Å²) in [5.74, 6) is 0.536. The fraction of sp³-hybridized carbons (Fsp3) is 0.0476. The van der Waals surface area contributed by atoms with Crippen molar-refractivity contribution in [1.29, 1.82) is 0 Å². The maximum Gasteiger partial charge on any atom is 0.244 e. The van der Waals surface area contributed by atoms with Gasteiger partial charge in [-0.3, -0.25) is 4.79 Å². The van der Waals surface area contributed by atoms with Gasteiger partial charge in [-0.1, -0.05) is 30.3 Å². The summed E-state index contributed by atoms with van der Waals surface area (Å²) in [4.78, 5) is 19.6. The number of pyridine rings is 1. The first-order chi connectivity index (χ1) is 12.8. The Morgan fingerprint density at radius 1 is 1.19 bits per heavy atom. The van der Waals surface area contributed by atoms with Crippen LogP contribution in [0.2, 0.25) is 0 Å². The van der Waals surface area contributed by atoms with Gasteiger partial charge in [-0.05, 0) is 35.4 Å². The molecule has 0 fully saturated rings. The zero-order valence-electron chi connectivity index (χ0n) is 14.0. The lowest BCUT2D eigenvalue weighted by molar-refractivity contribution is -0.116. The second kappa shape index (κ2) is 7.11. The van der Waals surface area contributed by atoms with Gasteiger partial charge in [0, 0.05) is 29.4 Å². The first kappa shape index (κ1) is 15.9. The molecule has 26 heavy (non-hydrogen) atoms. The van der Waals surface area contributed by atoms with Gasteiger partial charge < -0.3 is 14.7 Å². The van der Waals surface area contributed by atoms with E-state index in [-0.39, 0.29) is 5.91 Å². The van der Waals surface area contributed by atoms with Gasteiger partial charge in [-0.2, -0.15) is 0 Å². The second-order valence-corrected chi connectivity index (χ2v) is 5.86. The number of carbonyl (C=O) groups is 1. The van der Waals surface area contributed by atoms with Crippen LogP contribution in [-0.4, -0.2) is 15.9 Å². The van der Waals surface area contributed by atoms with Crippen LogP contribution in [0.1, 0.15) is 11.3 Å². The quantitative estimate of drug-likeness (QED) is 0.535. The van der Waals surface area contributed by atoms with Crippen LogP contribution >= 0.6 is 0 Å². The predicted molar refractivity (Wildman–Crippen MR) is 101 cm³/mol. The van der Waals surface area contributed by atoms with Gasteiger partial charge in [-0.25, -0.2) is 4.98 Å². The summed E-state index contributed by atoms with van der Waals surface area (Å²) in [6.07, 6.45) is 8.53. The van der Waals surface area contributed by atoms with Crippen LogP contribution in [0.3, 0.4) is 0 Å². The van der Waals surface area contributed by atoms with Crippen molar-refractivity contribution in [3.8, 4) is 11.1 Å². The topological polar surface area (TPSA) is 70.9 Å². The Labute approximate surface area is 150 Å². The number of nitrogens with zero attached hydrogens (tertiary/aromatic N) is 1. The molecule has 1 amide bonds. The number of hydrogen-bond acceptors (Lipinski definition) is 3. The molecule has 5 nitrogen and oxygen atoms in total. The molecule has 0 aliphatic carbocycles. The van der Waals surface area contributed by atoms with E-state index in [0.717, 1.165) is 33.5 Å². The van der Waals surface area contributed by atoms with Crippen LogP contribution in [0.4, 0.5) is 0 Å². The smallest absolute Gasteiger partial charge is 0.244 e.